The van der Waals surface area contributed by atoms with Gasteiger partial charge in [-0.3, -0.25) is 0 Å². The molecule has 0 aliphatic rings. The second-order valence-electron chi connectivity index (χ2n) is 8.58. The largest absolute Gasteiger partial charge is 0.143 e. The normalized spacial score (nSPS) is 11.6. The van der Waals surface area contributed by atoms with Gasteiger partial charge >= 0.3 is 0 Å². The highest BCUT2D eigenvalue weighted by Crippen LogP contribution is 2.38. The molecule has 0 atom stereocenters. The Morgan fingerprint density at radius 1 is 0.394 bits per heavy atom. The topological polar surface area (TPSA) is 0 Å². The lowest BCUT2D eigenvalue weighted by Gasteiger charge is -2.12. The Morgan fingerprint density at radius 3 is 1.76 bits per heavy atom. The van der Waals surface area contributed by atoms with Crippen molar-refractivity contribution < 1.29 is 0 Å². The van der Waals surface area contributed by atoms with Crippen LogP contribution in [0.5, 0.6) is 0 Å². The molecule has 1 aromatic heterocycles. The first-order chi connectivity index (χ1) is 16.4. The minimum atomic E-state index is 1.25. The van der Waals surface area contributed by atoms with Gasteiger partial charge in [0.1, 0.15) is 0 Å². The zero-order valence-corrected chi connectivity index (χ0v) is 18.8. The van der Waals surface area contributed by atoms with Gasteiger partial charge in [0.15, 0.2) is 0 Å². The summed E-state index contributed by atoms with van der Waals surface area (Å²) in [5, 5.41) is 11.4. The van der Waals surface area contributed by atoms with Gasteiger partial charge < -0.3 is 0 Å². The average Bonchev–Trinajstić information content (AvgIpc) is 3.38. The maximum Gasteiger partial charge on any atom is 0.0421 e. The first-order valence-corrected chi connectivity index (χ1v) is 12.1. The maximum atomic E-state index is 2.37. The Balaban J connectivity index is 1.47. The van der Waals surface area contributed by atoms with Crippen molar-refractivity contribution in [1.29, 1.82) is 0 Å². The minimum absolute atomic E-state index is 1.25. The molecule has 0 nitrogen and oxygen atoms in total. The standard InChI is InChI=1S/C32H20S/c1-2-12-28-26(10-1)27-11-3-4-13-29(27)31-20-23(15-16-30(28)31)22-8-5-9-24(19-22)25-14-6-7-21-17-18-33-32(21)25/h1-20H. The van der Waals surface area contributed by atoms with Crippen LogP contribution in [-0.4, -0.2) is 0 Å². The zero-order valence-electron chi connectivity index (χ0n) is 18.0. The third kappa shape index (κ3) is 2.90. The van der Waals surface area contributed by atoms with Crippen LogP contribution in [0.1, 0.15) is 0 Å². The molecule has 0 spiro atoms. The molecule has 0 unspecified atom stereocenters. The van der Waals surface area contributed by atoms with Crippen molar-refractivity contribution in [2.75, 3.05) is 0 Å². The summed E-state index contributed by atoms with van der Waals surface area (Å²) < 4.78 is 1.35. The van der Waals surface area contributed by atoms with Gasteiger partial charge in [0.2, 0.25) is 0 Å². The summed E-state index contributed by atoms with van der Waals surface area (Å²) in [6.07, 6.45) is 0. The quantitative estimate of drug-likeness (QED) is 0.237. The van der Waals surface area contributed by atoms with E-state index in [9.17, 15) is 0 Å². The van der Waals surface area contributed by atoms with Crippen LogP contribution in [0.15, 0.2) is 121 Å². The SMILES string of the molecule is c1cc(-c2ccc3c4ccccc4c4ccccc4c3c2)cc(-c2cccc3ccsc23)c1. The van der Waals surface area contributed by atoms with Gasteiger partial charge in [-0.05, 0) is 83.5 Å². The molecular formula is C32H20S. The zero-order chi connectivity index (χ0) is 21.8. The lowest BCUT2D eigenvalue weighted by molar-refractivity contribution is 1.63. The fourth-order valence-electron chi connectivity index (χ4n) is 5.17. The van der Waals surface area contributed by atoms with Crippen molar-refractivity contribution in [1.82, 2.24) is 0 Å². The summed E-state index contributed by atoms with van der Waals surface area (Å²) in [4.78, 5) is 0. The smallest absolute Gasteiger partial charge is 0.0421 e. The van der Waals surface area contributed by atoms with Gasteiger partial charge in [-0.2, -0.15) is 0 Å². The van der Waals surface area contributed by atoms with E-state index in [1.165, 1.54) is 64.7 Å². The molecule has 7 rings (SSSR count). The van der Waals surface area contributed by atoms with Crippen molar-refractivity contribution in [3.05, 3.63) is 121 Å². The lowest BCUT2D eigenvalue weighted by atomic mass is 9.91. The molecule has 0 radical (unpaired) electrons. The number of hydrogen-bond donors (Lipinski definition) is 0. The summed E-state index contributed by atoms with van der Waals surface area (Å²) in [5.41, 5.74) is 5.08. The van der Waals surface area contributed by atoms with E-state index in [1.807, 2.05) is 11.3 Å². The molecule has 154 valence electrons. The third-order valence-corrected chi connectivity index (χ3v) is 7.69. The van der Waals surface area contributed by atoms with Crippen molar-refractivity contribution in [3.63, 3.8) is 0 Å². The monoisotopic (exact) mass is 436 g/mol. The van der Waals surface area contributed by atoms with Gasteiger partial charge in [-0.1, -0.05) is 97.1 Å². The Kier molecular flexibility index (Phi) is 4.12. The van der Waals surface area contributed by atoms with Crippen LogP contribution in [0.25, 0.3) is 64.7 Å². The Labute approximate surface area is 196 Å². The Morgan fingerprint density at radius 2 is 1.00 bits per heavy atom. The molecule has 1 heteroatoms. The molecule has 0 aliphatic carbocycles. The molecule has 0 saturated carbocycles. The number of fused-ring (bicyclic) bond motifs is 7. The van der Waals surface area contributed by atoms with Crippen LogP contribution in [0.3, 0.4) is 0 Å². The predicted molar refractivity (Wildman–Crippen MR) is 145 cm³/mol. The number of hydrogen-bond acceptors (Lipinski definition) is 1. The van der Waals surface area contributed by atoms with E-state index in [4.69, 9.17) is 0 Å². The number of rotatable bonds is 2. The van der Waals surface area contributed by atoms with Crippen LogP contribution in [0, 0.1) is 0 Å². The third-order valence-electron chi connectivity index (χ3n) is 6.73. The van der Waals surface area contributed by atoms with E-state index >= 15 is 0 Å². The van der Waals surface area contributed by atoms with E-state index in [0.717, 1.165) is 0 Å². The van der Waals surface area contributed by atoms with Crippen molar-refractivity contribution in [2.45, 2.75) is 0 Å². The molecule has 0 aliphatic heterocycles. The van der Waals surface area contributed by atoms with E-state index in [2.05, 4.69) is 121 Å². The van der Waals surface area contributed by atoms with Crippen LogP contribution in [0.2, 0.25) is 0 Å². The highest BCUT2D eigenvalue weighted by molar-refractivity contribution is 7.17. The number of benzene rings is 6. The molecule has 1 heterocycles. The molecule has 0 bridgehead atoms. The van der Waals surface area contributed by atoms with E-state index in [0.29, 0.717) is 0 Å². The molecule has 6 aromatic carbocycles. The summed E-state index contributed by atoms with van der Waals surface area (Å²) in [6.45, 7) is 0. The first kappa shape index (κ1) is 18.6. The molecule has 0 fully saturated rings. The van der Waals surface area contributed by atoms with Gasteiger partial charge in [0, 0.05) is 4.70 Å². The molecule has 33 heavy (non-hydrogen) atoms. The summed E-state index contributed by atoms with van der Waals surface area (Å²) in [7, 11) is 0. The second kappa shape index (κ2) is 7.30. The summed E-state index contributed by atoms with van der Waals surface area (Å²) in [5.74, 6) is 0. The Bertz CT molecular complexity index is 1780. The highest BCUT2D eigenvalue weighted by Gasteiger charge is 2.11. The number of thiophene rings is 1. The van der Waals surface area contributed by atoms with E-state index < -0.39 is 0 Å². The van der Waals surface area contributed by atoms with Gasteiger partial charge in [-0.15, -0.1) is 11.3 Å². The average molecular weight is 437 g/mol. The molecule has 0 amide bonds. The molecule has 7 aromatic rings. The van der Waals surface area contributed by atoms with Gasteiger partial charge in [0.05, 0.1) is 0 Å². The first-order valence-electron chi connectivity index (χ1n) is 11.3. The second-order valence-corrected chi connectivity index (χ2v) is 9.49. The summed E-state index contributed by atoms with van der Waals surface area (Å²) >= 11 is 1.81. The van der Waals surface area contributed by atoms with Gasteiger partial charge in [0.25, 0.3) is 0 Å². The lowest BCUT2D eigenvalue weighted by Crippen LogP contribution is -1.86. The Hall–Kier alpha value is -3.94. The predicted octanol–water partition coefficient (Wildman–Crippen LogP) is 9.69. The van der Waals surface area contributed by atoms with Crippen molar-refractivity contribution >= 4 is 53.7 Å². The molecule has 0 N–H and O–H groups in total. The van der Waals surface area contributed by atoms with E-state index in [-0.39, 0.29) is 0 Å². The van der Waals surface area contributed by atoms with Crippen LogP contribution < -0.4 is 0 Å². The highest BCUT2D eigenvalue weighted by atomic mass is 32.1. The maximum absolute atomic E-state index is 2.37. The van der Waals surface area contributed by atoms with Gasteiger partial charge in [-0.25, -0.2) is 0 Å². The van der Waals surface area contributed by atoms with Crippen molar-refractivity contribution in [3.8, 4) is 22.3 Å². The molecule has 0 saturated heterocycles. The van der Waals surface area contributed by atoms with Crippen LogP contribution >= 0.6 is 11.3 Å². The van der Waals surface area contributed by atoms with Crippen LogP contribution in [-0.2, 0) is 0 Å². The fourth-order valence-corrected chi connectivity index (χ4v) is 6.11. The van der Waals surface area contributed by atoms with Crippen LogP contribution in [0.4, 0.5) is 0 Å². The fraction of sp³-hybridized carbons (Fsp3) is 0. The van der Waals surface area contributed by atoms with Crippen molar-refractivity contribution in [2.24, 2.45) is 0 Å². The summed E-state index contributed by atoms with van der Waals surface area (Å²) in [6, 6.07) is 42.2. The van der Waals surface area contributed by atoms with E-state index in [1.54, 1.807) is 0 Å². The minimum Gasteiger partial charge on any atom is -0.143 e. The molecular weight excluding hydrogens is 416 g/mol.